The minimum absolute atomic E-state index is 0.243. The van der Waals surface area contributed by atoms with Gasteiger partial charge in [-0.15, -0.1) is 11.8 Å². The lowest BCUT2D eigenvalue weighted by atomic mass is 9.81. The summed E-state index contributed by atoms with van der Waals surface area (Å²) in [5.41, 5.74) is 1.58. The molecular formula is C28H39NO5S2. The van der Waals surface area contributed by atoms with E-state index in [9.17, 15) is 13.9 Å². The summed E-state index contributed by atoms with van der Waals surface area (Å²) in [4.78, 5) is 15.3. The second-order valence-electron chi connectivity index (χ2n) is 9.06. The summed E-state index contributed by atoms with van der Waals surface area (Å²) in [6.07, 6.45) is 6.40. The summed E-state index contributed by atoms with van der Waals surface area (Å²) in [7, 11) is -3.12. The Morgan fingerprint density at radius 1 is 1.17 bits per heavy atom. The number of hydrogen-bond acceptors (Lipinski definition) is 7. The van der Waals surface area contributed by atoms with Gasteiger partial charge in [-0.1, -0.05) is 51.8 Å². The van der Waals surface area contributed by atoms with Gasteiger partial charge < -0.3 is 14.4 Å². The van der Waals surface area contributed by atoms with Gasteiger partial charge in [0.05, 0.1) is 34.4 Å². The Morgan fingerprint density at radius 2 is 1.92 bits per heavy atom. The van der Waals surface area contributed by atoms with Crippen LogP contribution in [-0.4, -0.2) is 39.7 Å². The number of para-hydroxylation sites is 1. The maximum atomic E-state index is 11.7. The van der Waals surface area contributed by atoms with Crippen molar-refractivity contribution in [3.63, 3.8) is 0 Å². The smallest absolute Gasteiger partial charge is 0.333 e. The lowest BCUT2D eigenvalue weighted by Gasteiger charge is -2.41. The zero-order chi connectivity index (χ0) is 26.2. The Morgan fingerprint density at radius 3 is 2.56 bits per heavy atom. The highest BCUT2D eigenvalue weighted by Gasteiger charge is 2.42. The largest absolute Gasteiger partial charge is 0.463 e. The Labute approximate surface area is 221 Å². The summed E-state index contributed by atoms with van der Waals surface area (Å²) in [5.74, 6) is 1.13. The fraction of sp³-hybridized carbons (Fsp3) is 0.464. The standard InChI is InChI=1S/C28H39NO5S2/c1-5-9-16-28(6-2)20-29(22-13-11-10-12-14-22)23-18-25(35-8-4)24(19-26(23)36(31,32)21-28)34-17-15-27(30)33-7-3/h10-15,17-19,31-32H,5-9,16,20-21H2,1-4H3/b17-15+. The van der Waals surface area contributed by atoms with Gasteiger partial charge in [-0.2, -0.15) is 10.6 Å². The number of thioether (sulfide) groups is 1. The number of unbranched alkanes of at least 4 members (excludes halogenated alkanes) is 1. The lowest BCUT2D eigenvalue weighted by Crippen LogP contribution is -2.37. The summed E-state index contributed by atoms with van der Waals surface area (Å²) in [6, 6.07) is 13.9. The molecule has 2 aromatic rings. The van der Waals surface area contributed by atoms with Crippen LogP contribution in [0.2, 0.25) is 0 Å². The number of rotatable bonds is 11. The monoisotopic (exact) mass is 533 g/mol. The molecule has 0 aliphatic carbocycles. The number of benzene rings is 2. The Bertz CT molecular complexity index is 1040. The first-order valence-corrected chi connectivity index (χ1v) is 15.4. The Hall–Kier alpha value is -2.13. The summed E-state index contributed by atoms with van der Waals surface area (Å²) in [6.45, 7) is 9.11. The van der Waals surface area contributed by atoms with Gasteiger partial charge >= 0.3 is 5.97 Å². The van der Waals surface area contributed by atoms with E-state index in [1.807, 2.05) is 24.3 Å². The second-order valence-corrected chi connectivity index (χ2v) is 12.4. The third-order valence-corrected chi connectivity index (χ3v) is 9.50. The SMILES string of the molecule is CCCCC1(CC)CN(c2ccccc2)c2cc(SCC)c(O/C=C/C(=O)OCC)cc2S(O)(O)C1. The van der Waals surface area contributed by atoms with Crippen molar-refractivity contribution in [3.05, 3.63) is 54.8 Å². The third-order valence-electron chi connectivity index (χ3n) is 6.53. The molecule has 36 heavy (non-hydrogen) atoms. The molecule has 6 nitrogen and oxygen atoms in total. The molecular weight excluding hydrogens is 494 g/mol. The van der Waals surface area contributed by atoms with E-state index in [1.165, 1.54) is 12.3 Å². The zero-order valence-corrected chi connectivity index (χ0v) is 23.4. The van der Waals surface area contributed by atoms with E-state index in [0.29, 0.717) is 22.9 Å². The molecule has 8 heteroatoms. The van der Waals surface area contributed by atoms with Gasteiger partial charge in [-0.25, -0.2) is 4.79 Å². The molecule has 1 atom stereocenters. The molecule has 0 amide bonds. The lowest BCUT2D eigenvalue weighted by molar-refractivity contribution is -0.137. The molecule has 198 valence electrons. The molecule has 0 fully saturated rings. The van der Waals surface area contributed by atoms with E-state index in [2.05, 4.69) is 37.8 Å². The summed E-state index contributed by atoms with van der Waals surface area (Å²) >= 11 is 1.61. The molecule has 3 rings (SSSR count). The summed E-state index contributed by atoms with van der Waals surface area (Å²) in [5, 5.41) is 0. The Kier molecular flexibility index (Phi) is 10.2. The van der Waals surface area contributed by atoms with E-state index >= 15 is 0 Å². The first-order chi connectivity index (χ1) is 17.3. The van der Waals surface area contributed by atoms with Crippen LogP contribution < -0.4 is 9.64 Å². The van der Waals surface area contributed by atoms with Crippen molar-refractivity contribution in [2.24, 2.45) is 5.41 Å². The molecule has 0 bridgehead atoms. The normalized spacial score (nSPS) is 20.0. The van der Waals surface area contributed by atoms with Crippen LogP contribution in [0.3, 0.4) is 0 Å². The number of hydrogen-bond donors (Lipinski definition) is 2. The van der Waals surface area contributed by atoms with Crippen LogP contribution in [0.4, 0.5) is 11.4 Å². The number of esters is 1. The fourth-order valence-corrected chi connectivity index (χ4v) is 7.62. The molecule has 0 spiro atoms. The summed E-state index contributed by atoms with van der Waals surface area (Å²) < 4.78 is 34.0. The highest BCUT2D eigenvalue weighted by atomic mass is 32.3. The quantitative estimate of drug-likeness (QED) is 0.131. The number of ether oxygens (including phenoxy) is 2. The molecule has 1 unspecified atom stereocenters. The molecule has 0 radical (unpaired) electrons. The van der Waals surface area contributed by atoms with Gasteiger partial charge in [0.25, 0.3) is 0 Å². The third kappa shape index (κ3) is 6.79. The number of anilines is 2. The minimum atomic E-state index is -3.12. The van der Waals surface area contributed by atoms with Gasteiger partial charge in [0.1, 0.15) is 5.75 Å². The van der Waals surface area contributed by atoms with Crippen molar-refractivity contribution >= 4 is 39.7 Å². The zero-order valence-electron chi connectivity index (χ0n) is 21.7. The van der Waals surface area contributed by atoms with E-state index < -0.39 is 16.6 Å². The van der Waals surface area contributed by atoms with Crippen molar-refractivity contribution in [1.29, 1.82) is 0 Å². The van der Waals surface area contributed by atoms with Crippen molar-refractivity contribution in [3.8, 4) is 5.75 Å². The number of nitrogens with zero attached hydrogens (tertiary/aromatic N) is 1. The molecule has 2 N–H and O–H groups in total. The van der Waals surface area contributed by atoms with Gasteiger partial charge in [0, 0.05) is 29.5 Å². The van der Waals surface area contributed by atoms with Crippen LogP contribution >= 0.6 is 22.4 Å². The first-order valence-electron chi connectivity index (χ1n) is 12.7. The van der Waals surface area contributed by atoms with Crippen molar-refractivity contribution in [2.75, 3.05) is 29.6 Å². The van der Waals surface area contributed by atoms with Crippen molar-refractivity contribution in [1.82, 2.24) is 0 Å². The van der Waals surface area contributed by atoms with E-state index in [-0.39, 0.29) is 12.0 Å². The first kappa shape index (κ1) is 28.4. The van der Waals surface area contributed by atoms with Crippen molar-refractivity contribution < 1.29 is 23.4 Å². The van der Waals surface area contributed by atoms with Gasteiger partial charge in [0.15, 0.2) is 0 Å². The minimum Gasteiger partial charge on any atom is -0.463 e. The van der Waals surface area contributed by atoms with E-state index in [4.69, 9.17) is 9.47 Å². The fourth-order valence-electron chi connectivity index (χ4n) is 4.62. The molecule has 0 aromatic heterocycles. The molecule has 2 aromatic carbocycles. The van der Waals surface area contributed by atoms with Gasteiger partial charge in [-0.05, 0) is 43.7 Å². The van der Waals surface area contributed by atoms with Gasteiger partial charge in [-0.3, -0.25) is 9.11 Å². The van der Waals surface area contributed by atoms with Gasteiger partial charge in [0.2, 0.25) is 0 Å². The average Bonchev–Trinajstić information content (AvgIpc) is 2.96. The molecule has 1 aliphatic heterocycles. The second kappa shape index (κ2) is 12.9. The molecule has 0 saturated heterocycles. The van der Waals surface area contributed by atoms with E-state index in [1.54, 1.807) is 24.8 Å². The molecule has 0 saturated carbocycles. The van der Waals surface area contributed by atoms with Crippen LogP contribution in [0, 0.1) is 5.41 Å². The van der Waals surface area contributed by atoms with Crippen LogP contribution in [0.25, 0.3) is 0 Å². The van der Waals surface area contributed by atoms with Crippen LogP contribution in [0.1, 0.15) is 53.4 Å². The molecule has 1 heterocycles. The van der Waals surface area contributed by atoms with Crippen LogP contribution in [0.5, 0.6) is 5.75 Å². The highest BCUT2D eigenvalue weighted by molar-refractivity contribution is 8.24. The Balaban J connectivity index is 2.16. The molecule has 1 aliphatic rings. The highest BCUT2D eigenvalue weighted by Crippen LogP contribution is 2.62. The number of carbonyl (C=O) groups excluding carboxylic acids is 1. The van der Waals surface area contributed by atoms with Crippen LogP contribution in [0.15, 0.2) is 64.6 Å². The number of carbonyl (C=O) groups is 1. The number of fused-ring (bicyclic) bond motifs is 1. The topological polar surface area (TPSA) is 79.2 Å². The maximum absolute atomic E-state index is 11.7. The predicted octanol–water partition coefficient (Wildman–Crippen LogP) is 8.10. The van der Waals surface area contributed by atoms with E-state index in [0.717, 1.165) is 47.7 Å². The predicted molar refractivity (Wildman–Crippen MR) is 151 cm³/mol. The van der Waals surface area contributed by atoms with Crippen LogP contribution in [-0.2, 0) is 9.53 Å². The van der Waals surface area contributed by atoms with Crippen molar-refractivity contribution in [2.45, 2.75) is 63.2 Å². The average molecular weight is 534 g/mol. The maximum Gasteiger partial charge on any atom is 0.333 e.